The third-order valence-corrected chi connectivity index (χ3v) is 4.08. The van der Waals surface area contributed by atoms with Crippen LogP contribution in [0.15, 0.2) is 29.3 Å². The number of pyridine rings is 1. The zero-order chi connectivity index (χ0) is 11.9. The van der Waals surface area contributed by atoms with Crippen LogP contribution in [0.1, 0.15) is 0 Å². The molecule has 0 saturated heterocycles. The fourth-order valence-corrected chi connectivity index (χ4v) is 2.94. The fourth-order valence-electron chi connectivity index (χ4n) is 1.28. The van der Waals surface area contributed by atoms with Gasteiger partial charge in [0.25, 0.3) is 9.05 Å². The predicted molar refractivity (Wildman–Crippen MR) is 64.8 cm³/mol. The second-order valence-corrected chi connectivity index (χ2v) is 6.38. The Bertz CT molecular complexity index is 670. The summed E-state index contributed by atoms with van der Waals surface area (Å²) >= 11 is 11.7. The minimum absolute atomic E-state index is 0.0525. The highest BCUT2D eigenvalue weighted by molar-refractivity contribution is 8.13. The number of rotatable bonds is 1. The molecule has 84 valence electrons. The van der Waals surface area contributed by atoms with Crippen LogP contribution in [0.5, 0.6) is 0 Å². The summed E-state index contributed by atoms with van der Waals surface area (Å²) in [6.45, 7) is 0. The molecule has 1 heterocycles. The van der Waals surface area contributed by atoms with Crippen LogP contribution >= 0.6 is 33.9 Å². The Kier molecular flexibility index (Phi) is 3.01. The summed E-state index contributed by atoms with van der Waals surface area (Å²) in [4.78, 5) is 3.73. The average Bonchev–Trinajstić information content (AvgIpc) is 2.15. The molecule has 0 N–H and O–H groups in total. The van der Waals surface area contributed by atoms with E-state index in [4.69, 9.17) is 33.9 Å². The van der Waals surface area contributed by atoms with Crippen LogP contribution in [0.25, 0.3) is 10.9 Å². The van der Waals surface area contributed by atoms with Crippen LogP contribution in [-0.2, 0) is 9.05 Å². The molecule has 2 rings (SSSR count). The molecule has 1 aromatic heterocycles. The predicted octanol–water partition coefficient (Wildman–Crippen LogP) is 3.47. The normalized spacial score (nSPS) is 11.9. The van der Waals surface area contributed by atoms with Gasteiger partial charge in [-0.25, -0.2) is 8.42 Å². The summed E-state index contributed by atoms with van der Waals surface area (Å²) in [5.74, 6) is 0. The van der Waals surface area contributed by atoms with Crippen LogP contribution in [0, 0.1) is 0 Å². The molecule has 0 unspecified atom stereocenters. The monoisotopic (exact) mass is 295 g/mol. The van der Waals surface area contributed by atoms with Gasteiger partial charge in [-0.2, -0.15) is 0 Å². The molecule has 16 heavy (non-hydrogen) atoms. The molecular formula is C9H4Cl3NO2S. The lowest BCUT2D eigenvalue weighted by atomic mass is 10.2. The van der Waals surface area contributed by atoms with Gasteiger partial charge in [0, 0.05) is 27.3 Å². The van der Waals surface area contributed by atoms with Crippen molar-refractivity contribution in [3.63, 3.8) is 0 Å². The van der Waals surface area contributed by atoms with E-state index in [1.165, 1.54) is 0 Å². The van der Waals surface area contributed by atoms with Crippen molar-refractivity contribution < 1.29 is 8.42 Å². The van der Waals surface area contributed by atoms with E-state index in [0.717, 1.165) is 6.20 Å². The Morgan fingerprint density at radius 1 is 1.19 bits per heavy atom. The first-order valence-corrected chi connectivity index (χ1v) is 7.14. The number of halogens is 3. The summed E-state index contributed by atoms with van der Waals surface area (Å²) in [7, 11) is 1.33. The Balaban J connectivity index is 2.86. The topological polar surface area (TPSA) is 47.0 Å². The van der Waals surface area contributed by atoms with E-state index in [-0.39, 0.29) is 9.92 Å². The molecule has 0 fully saturated rings. The highest BCUT2D eigenvalue weighted by atomic mass is 35.7. The number of benzene rings is 1. The minimum Gasteiger partial charge on any atom is -0.255 e. The Hall–Kier alpha value is -0.550. The van der Waals surface area contributed by atoms with Crippen molar-refractivity contribution in [2.24, 2.45) is 0 Å². The van der Waals surface area contributed by atoms with Gasteiger partial charge < -0.3 is 0 Å². The van der Waals surface area contributed by atoms with Crippen LogP contribution in [0.3, 0.4) is 0 Å². The molecule has 0 amide bonds. The van der Waals surface area contributed by atoms with E-state index >= 15 is 0 Å². The zero-order valence-electron chi connectivity index (χ0n) is 7.62. The molecule has 0 radical (unpaired) electrons. The van der Waals surface area contributed by atoms with Crippen molar-refractivity contribution in [3.8, 4) is 0 Å². The molecule has 3 nitrogen and oxygen atoms in total. The van der Waals surface area contributed by atoms with E-state index in [2.05, 4.69) is 4.98 Å². The molecule has 0 aliphatic carbocycles. The summed E-state index contributed by atoms with van der Waals surface area (Å²) in [5, 5.41) is 1.04. The smallest absolute Gasteiger partial charge is 0.255 e. The van der Waals surface area contributed by atoms with E-state index in [1.54, 1.807) is 18.2 Å². The van der Waals surface area contributed by atoms with Gasteiger partial charge >= 0.3 is 0 Å². The van der Waals surface area contributed by atoms with Gasteiger partial charge in [-0.3, -0.25) is 4.98 Å². The fraction of sp³-hybridized carbons (Fsp3) is 0. The molecule has 0 aliphatic heterocycles. The van der Waals surface area contributed by atoms with Gasteiger partial charge in [-0.15, -0.1) is 0 Å². The third-order valence-electron chi connectivity index (χ3n) is 2.00. The Labute approximate surface area is 106 Å². The largest absolute Gasteiger partial charge is 0.264 e. The lowest BCUT2D eigenvalue weighted by Gasteiger charge is -2.04. The third kappa shape index (κ3) is 2.11. The van der Waals surface area contributed by atoms with Gasteiger partial charge in [0.15, 0.2) is 0 Å². The number of hydrogen-bond donors (Lipinski definition) is 0. The number of aromatic nitrogens is 1. The average molecular weight is 297 g/mol. The van der Waals surface area contributed by atoms with E-state index < -0.39 is 9.05 Å². The molecule has 1 aromatic carbocycles. The second kappa shape index (κ2) is 4.04. The Morgan fingerprint density at radius 2 is 1.88 bits per heavy atom. The molecule has 2 aromatic rings. The van der Waals surface area contributed by atoms with Gasteiger partial charge in [0.2, 0.25) is 0 Å². The van der Waals surface area contributed by atoms with Crippen LogP contribution in [0.4, 0.5) is 0 Å². The maximum atomic E-state index is 11.2. The lowest BCUT2D eigenvalue weighted by molar-refractivity contribution is 0.609. The molecule has 0 bridgehead atoms. The Morgan fingerprint density at radius 3 is 2.50 bits per heavy atom. The minimum atomic E-state index is -3.89. The van der Waals surface area contributed by atoms with Crippen LogP contribution < -0.4 is 0 Å². The van der Waals surface area contributed by atoms with Crippen molar-refractivity contribution in [1.29, 1.82) is 0 Å². The number of nitrogens with zero attached hydrogens (tertiary/aromatic N) is 1. The first kappa shape index (κ1) is 11.9. The summed E-state index contributed by atoms with van der Waals surface area (Å²) in [6.07, 6.45) is 1.11. The van der Waals surface area contributed by atoms with Crippen molar-refractivity contribution in [2.75, 3.05) is 0 Å². The lowest BCUT2D eigenvalue weighted by Crippen LogP contribution is -1.94. The van der Waals surface area contributed by atoms with E-state index in [1.807, 2.05) is 0 Å². The summed E-state index contributed by atoms with van der Waals surface area (Å²) in [5.41, 5.74) is 0.515. The van der Waals surface area contributed by atoms with Crippen molar-refractivity contribution in [3.05, 3.63) is 34.4 Å². The first-order chi connectivity index (χ1) is 7.39. The highest BCUT2D eigenvalue weighted by Crippen LogP contribution is 2.31. The van der Waals surface area contributed by atoms with Crippen LogP contribution in [-0.4, -0.2) is 13.4 Å². The SMILES string of the molecule is O=S(=O)(Cl)c1cnc2cc(Cl)ccc2c1Cl. The van der Waals surface area contributed by atoms with E-state index in [0.29, 0.717) is 15.9 Å². The first-order valence-electron chi connectivity index (χ1n) is 4.08. The van der Waals surface area contributed by atoms with Crippen molar-refractivity contribution in [1.82, 2.24) is 4.98 Å². The second-order valence-electron chi connectivity index (χ2n) is 3.04. The maximum absolute atomic E-state index is 11.2. The number of fused-ring (bicyclic) bond motifs is 1. The standard InChI is InChI=1S/C9H4Cl3NO2S/c10-5-1-2-6-7(3-5)13-4-8(9(6)11)16(12,14)15/h1-4H. The highest BCUT2D eigenvalue weighted by Gasteiger charge is 2.17. The van der Waals surface area contributed by atoms with Gasteiger partial charge in [0.1, 0.15) is 4.90 Å². The molecule has 0 saturated carbocycles. The maximum Gasteiger partial charge on any atom is 0.264 e. The van der Waals surface area contributed by atoms with Crippen LogP contribution in [0.2, 0.25) is 10.0 Å². The summed E-state index contributed by atoms with van der Waals surface area (Å²) < 4.78 is 22.4. The van der Waals surface area contributed by atoms with Gasteiger partial charge in [-0.05, 0) is 18.2 Å². The van der Waals surface area contributed by atoms with Crippen molar-refractivity contribution in [2.45, 2.75) is 4.90 Å². The van der Waals surface area contributed by atoms with E-state index in [9.17, 15) is 8.42 Å². The molecule has 0 aliphatic rings. The number of hydrogen-bond acceptors (Lipinski definition) is 3. The zero-order valence-corrected chi connectivity index (χ0v) is 10.7. The van der Waals surface area contributed by atoms with Crippen molar-refractivity contribution >= 4 is 53.8 Å². The molecule has 0 atom stereocenters. The molecule has 7 heteroatoms. The van der Waals surface area contributed by atoms with Gasteiger partial charge in [0.05, 0.1) is 10.5 Å². The quantitative estimate of drug-likeness (QED) is 0.757. The molecule has 0 spiro atoms. The van der Waals surface area contributed by atoms with Gasteiger partial charge in [-0.1, -0.05) is 23.2 Å². The molecular weight excluding hydrogens is 293 g/mol. The summed E-state index contributed by atoms with van der Waals surface area (Å²) in [6, 6.07) is 4.79.